The van der Waals surface area contributed by atoms with Crippen LogP contribution in [-0.2, 0) is 11.3 Å². The molecule has 0 radical (unpaired) electrons. The monoisotopic (exact) mass is 479 g/mol. The third-order valence-electron chi connectivity index (χ3n) is 4.03. The van der Waals surface area contributed by atoms with E-state index in [1.807, 2.05) is 24.9 Å². The highest BCUT2D eigenvalue weighted by atomic mass is 127. The average molecular weight is 479 g/mol. The molecule has 2 heterocycles. The first kappa shape index (κ1) is 22.1. The third-order valence-corrected chi connectivity index (χ3v) is 4.93. The van der Waals surface area contributed by atoms with Crippen molar-refractivity contribution in [2.75, 3.05) is 19.6 Å². The van der Waals surface area contributed by atoms with Crippen molar-refractivity contribution >= 4 is 47.2 Å². The van der Waals surface area contributed by atoms with Crippen LogP contribution in [0.2, 0.25) is 0 Å². The lowest BCUT2D eigenvalue weighted by Gasteiger charge is -2.49. The molecule has 25 heavy (non-hydrogen) atoms. The van der Waals surface area contributed by atoms with Gasteiger partial charge in [0.1, 0.15) is 0 Å². The molecule has 1 aliphatic rings. The molecule has 0 saturated carbocycles. The minimum atomic E-state index is -0.221. The summed E-state index contributed by atoms with van der Waals surface area (Å²) in [5.41, 5.74) is -0.221. The molecule has 1 aromatic heterocycles. The van der Waals surface area contributed by atoms with Crippen molar-refractivity contribution < 1.29 is 4.79 Å². The molecule has 6 nitrogen and oxygen atoms in total. The summed E-state index contributed by atoms with van der Waals surface area (Å²) in [7, 11) is 0. The minimum Gasteiger partial charge on any atom is -0.356 e. The lowest BCUT2D eigenvalue weighted by atomic mass is 9.96. The highest BCUT2D eigenvalue weighted by Gasteiger charge is 2.40. The third kappa shape index (κ3) is 5.54. The lowest BCUT2D eigenvalue weighted by molar-refractivity contribution is -0.145. The smallest absolute Gasteiger partial charge is 0.242 e. The van der Waals surface area contributed by atoms with Crippen molar-refractivity contribution in [3.63, 3.8) is 0 Å². The first-order valence-electron chi connectivity index (χ1n) is 8.51. The largest absolute Gasteiger partial charge is 0.356 e. The summed E-state index contributed by atoms with van der Waals surface area (Å²) in [6.07, 6.45) is 1.87. The van der Waals surface area contributed by atoms with E-state index < -0.39 is 0 Å². The van der Waals surface area contributed by atoms with E-state index >= 15 is 0 Å². The van der Waals surface area contributed by atoms with Crippen LogP contribution in [0.4, 0.5) is 0 Å². The number of rotatable bonds is 4. The van der Waals surface area contributed by atoms with Gasteiger partial charge in [-0.05, 0) is 41.5 Å². The van der Waals surface area contributed by atoms with E-state index in [0.29, 0.717) is 13.1 Å². The summed E-state index contributed by atoms with van der Waals surface area (Å²) < 4.78 is 0. The Morgan fingerprint density at radius 3 is 2.64 bits per heavy atom. The maximum atomic E-state index is 12.6. The van der Waals surface area contributed by atoms with Crippen molar-refractivity contribution in [1.29, 1.82) is 0 Å². The quantitative estimate of drug-likeness (QED) is 0.410. The van der Waals surface area contributed by atoms with Gasteiger partial charge in [-0.1, -0.05) is 0 Å². The number of nitrogens with zero attached hydrogens (tertiary/aromatic N) is 4. The van der Waals surface area contributed by atoms with Crippen LogP contribution in [0, 0.1) is 6.92 Å². The van der Waals surface area contributed by atoms with E-state index in [1.165, 1.54) is 0 Å². The molecule has 1 aliphatic heterocycles. The van der Waals surface area contributed by atoms with E-state index in [1.54, 1.807) is 11.3 Å². The summed E-state index contributed by atoms with van der Waals surface area (Å²) in [5.74, 6) is 0.953. The van der Waals surface area contributed by atoms with Gasteiger partial charge in [0.25, 0.3) is 0 Å². The highest BCUT2D eigenvalue weighted by Crippen LogP contribution is 2.24. The number of amides is 1. The van der Waals surface area contributed by atoms with Gasteiger partial charge >= 0.3 is 0 Å². The Hall–Kier alpha value is -0.900. The number of hydrogen-bond donors (Lipinski definition) is 1. The van der Waals surface area contributed by atoms with Gasteiger partial charge < -0.3 is 15.1 Å². The zero-order chi connectivity index (χ0) is 17.9. The van der Waals surface area contributed by atoms with Crippen LogP contribution in [0.25, 0.3) is 0 Å². The fourth-order valence-electron chi connectivity index (χ4n) is 3.37. The Kier molecular flexibility index (Phi) is 8.11. The molecule has 2 rings (SSSR count). The van der Waals surface area contributed by atoms with E-state index in [-0.39, 0.29) is 41.5 Å². The highest BCUT2D eigenvalue weighted by molar-refractivity contribution is 14.0. The van der Waals surface area contributed by atoms with Gasteiger partial charge in [-0.2, -0.15) is 0 Å². The molecule has 0 atom stereocenters. The van der Waals surface area contributed by atoms with Gasteiger partial charge in [0.15, 0.2) is 5.96 Å². The molecular formula is C17H30IN5OS. The van der Waals surface area contributed by atoms with E-state index in [0.717, 1.165) is 28.9 Å². The molecule has 0 aromatic carbocycles. The lowest BCUT2D eigenvalue weighted by Crippen LogP contribution is -2.66. The van der Waals surface area contributed by atoms with Gasteiger partial charge in [-0.3, -0.25) is 4.79 Å². The van der Waals surface area contributed by atoms with Gasteiger partial charge in [-0.15, -0.1) is 35.3 Å². The molecule has 1 fully saturated rings. The second-order valence-corrected chi connectivity index (χ2v) is 8.36. The molecule has 0 bridgehead atoms. The predicted molar refractivity (Wildman–Crippen MR) is 115 cm³/mol. The van der Waals surface area contributed by atoms with E-state index in [4.69, 9.17) is 4.99 Å². The number of carbonyl (C=O) groups excluding carboxylic acids is 1. The van der Waals surface area contributed by atoms with Crippen LogP contribution in [0.1, 0.15) is 44.5 Å². The van der Waals surface area contributed by atoms with Crippen LogP contribution in [0.15, 0.2) is 11.2 Å². The van der Waals surface area contributed by atoms with Crippen molar-refractivity contribution in [3.05, 3.63) is 16.1 Å². The summed E-state index contributed by atoms with van der Waals surface area (Å²) in [6.45, 7) is 14.9. The van der Waals surface area contributed by atoms with Crippen LogP contribution >= 0.6 is 35.3 Å². The molecule has 1 amide bonds. The average Bonchev–Trinajstić information content (AvgIpc) is 2.86. The van der Waals surface area contributed by atoms with Crippen molar-refractivity contribution in [2.24, 2.45) is 4.99 Å². The minimum absolute atomic E-state index is 0. The van der Waals surface area contributed by atoms with E-state index in [9.17, 15) is 4.79 Å². The van der Waals surface area contributed by atoms with Crippen LogP contribution in [-0.4, -0.2) is 57.9 Å². The van der Waals surface area contributed by atoms with Crippen molar-refractivity contribution in [1.82, 2.24) is 20.1 Å². The normalized spacial score (nSPS) is 17.7. The van der Waals surface area contributed by atoms with E-state index in [2.05, 4.69) is 42.9 Å². The zero-order valence-electron chi connectivity index (χ0n) is 16.0. The summed E-state index contributed by atoms with van der Waals surface area (Å²) in [6, 6.07) is 0.203. The molecule has 1 saturated heterocycles. The number of aromatic nitrogens is 1. The zero-order valence-corrected chi connectivity index (χ0v) is 19.1. The Balaban J connectivity index is 0.00000312. The number of hydrogen-bond acceptors (Lipinski definition) is 4. The number of guanidine groups is 1. The SMILES string of the molecule is CCNC(=NCc1cnc(C)s1)N1CC(=O)N(C(C)C)C(C)(C)C1.I. The summed E-state index contributed by atoms with van der Waals surface area (Å²) in [5, 5.41) is 4.37. The number of piperazine rings is 1. The second-order valence-electron chi connectivity index (χ2n) is 7.04. The van der Waals surface area contributed by atoms with Gasteiger partial charge in [-0.25, -0.2) is 9.98 Å². The Labute approximate surface area is 172 Å². The molecule has 1 N–H and O–H groups in total. The summed E-state index contributed by atoms with van der Waals surface area (Å²) in [4.78, 5) is 26.8. The van der Waals surface area contributed by atoms with Gasteiger partial charge in [0, 0.05) is 30.2 Å². The van der Waals surface area contributed by atoms with Crippen LogP contribution in [0.3, 0.4) is 0 Å². The van der Waals surface area contributed by atoms with Crippen molar-refractivity contribution in [2.45, 2.75) is 59.7 Å². The second kappa shape index (κ2) is 9.16. The van der Waals surface area contributed by atoms with Gasteiger partial charge in [0.05, 0.1) is 23.6 Å². The number of aliphatic imine (C=N–C) groups is 1. The summed E-state index contributed by atoms with van der Waals surface area (Å²) >= 11 is 1.66. The fourth-order valence-corrected chi connectivity index (χ4v) is 4.09. The number of carbonyl (C=O) groups is 1. The molecule has 1 aromatic rings. The number of nitrogens with one attached hydrogen (secondary N) is 1. The maximum absolute atomic E-state index is 12.6. The molecule has 0 unspecified atom stereocenters. The number of thiazole rings is 1. The Morgan fingerprint density at radius 1 is 1.48 bits per heavy atom. The predicted octanol–water partition coefficient (Wildman–Crippen LogP) is 2.87. The first-order valence-corrected chi connectivity index (χ1v) is 9.33. The molecule has 8 heteroatoms. The molecular weight excluding hydrogens is 449 g/mol. The molecule has 0 spiro atoms. The Morgan fingerprint density at radius 2 is 2.16 bits per heavy atom. The fraction of sp³-hybridized carbons (Fsp3) is 0.706. The maximum Gasteiger partial charge on any atom is 0.242 e. The number of aryl methyl sites for hydroxylation is 1. The van der Waals surface area contributed by atoms with Crippen molar-refractivity contribution in [3.8, 4) is 0 Å². The first-order chi connectivity index (χ1) is 11.2. The van der Waals surface area contributed by atoms with Crippen LogP contribution in [0.5, 0.6) is 0 Å². The molecule has 0 aliphatic carbocycles. The number of halogens is 1. The topological polar surface area (TPSA) is 60.8 Å². The molecule has 142 valence electrons. The standard InChI is InChI=1S/C17H29N5OS.HI/c1-7-18-16(20-9-14-8-19-13(4)24-14)21-10-15(23)22(12(2)3)17(5,6)11-21;/h8,12H,7,9-11H2,1-6H3,(H,18,20);1H. The van der Waals surface area contributed by atoms with Crippen LogP contribution < -0.4 is 5.32 Å². The van der Waals surface area contributed by atoms with Gasteiger partial charge in [0.2, 0.25) is 5.91 Å². The Bertz CT molecular complexity index is 614.